The summed E-state index contributed by atoms with van der Waals surface area (Å²) in [5.41, 5.74) is 7.27. The summed E-state index contributed by atoms with van der Waals surface area (Å²) in [6.07, 6.45) is 3.39. The lowest BCUT2D eigenvalue weighted by atomic mass is 10.1. The van der Waals surface area contributed by atoms with Gasteiger partial charge in [0, 0.05) is 44.9 Å². The Morgan fingerprint density at radius 1 is 0.432 bits per heavy atom. The summed E-state index contributed by atoms with van der Waals surface area (Å²) in [6, 6.07) is 46.2. The SMILES string of the molecule is c1ccc(-c2cc(-n3c4ccccc4c4cc5c(cc43)c3ccccc3n5-c3ccncn3)nc(-c3ccccc3)n2)cc1. The van der Waals surface area contributed by atoms with Gasteiger partial charge in [-0.25, -0.2) is 19.9 Å². The van der Waals surface area contributed by atoms with Crippen molar-refractivity contribution >= 4 is 43.6 Å². The number of hydrogen-bond donors (Lipinski definition) is 0. The molecule has 0 saturated carbocycles. The second-order valence-corrected chi connectivity index (χ2v) is 10.8. The maximum absolute atomic E-state index is 5.20. The van der Waals surface area contributed by atoms with E-state index in [0.717, 1.165) is 72.1 Å². The van der Waals surface area contributed by atoms with Gasteiger partial charge >= 0.3 is 0 Å². The van der Waals surface area contributed by atoms with E-state index in [1.807, 2.05) is 42.5 Å². The first-order valence-corrected chi connectivity index (χ1v) is 14.6. The van der Waals surface area contributed by atoms with Crippen LogP contribution >= 0.6 is 0 Å². The largest absolute Gasteiger partial charge is 0.294 e. The lowest BCUT2D eigenvalue weighted by Gasteiger charge is -2.12. The van der Waals surface area contributed by atoms with E-state index in [0.29, 0.717) is 5.82 Å². The number of hydrogen-bond acceptors (Lipinski definition) is 4. The predicted octanol–water partition coefficient (Wildman–Crippen LogP) is 8.79. The molecule has 44 heavy (non-hydrogen) atoms. The van der Waals surface area contributed by atoms with Crippen molar-refractivity contribution < 1.29 is 0 Å². The highest BCUT2D eigenvalue weighted by Gasteiger charge is 2.20. The summed E-state index contributed by atoms with van der Waals surface area (Å²) in [5.74, 6) is 2.35. The Labute approximate surface area is 252 Å². The van der Waals surface area contributed by atoms with Crippen LogP contribution in [0, 0.1) is 0 Å². The number of fused-ring (bicyclic) bond motifs is 6. The highest BCUT2D eigenvalue weighted by atomic mass is 15.1. The van der Waals surface area contributed by atoms with Crippen molar-refractivity contribution in [3.8, 4) is 34.3 Å². The van der Waals surface area contributed by atoms with E-state index in [9.17, 15) is 0 Å². The van der Waals surface area contributed by atoms with Crippen molar-refractivity contribution in [1.82, 2.24) is 29.1 Å². The van der Waals surface area contributed by atoms with Crippen LogP contribution in [-0.4, -0.2) is 29.1 Å². The monoisotopic (exact) mass is 564 g/mol. The molecule has 0 radical (unpaired) electrons. The van der Waals surface area contributed by atoms with Gasteiger partial charge in [0.2, 0.25) is 0 Å². The number of rotatable bonds is 4. The Kier molecular flexibility index (Phi) is 5.40. The molecule has 0 N–H and O–H groups in total. The van der Waals surface area contributed by atoms with Crippen LogP contribution < -0.4 is 0 Å². The molecule has 6 nitrogen and oxygen atoms in total. The van der Waals surface area contributed by atoms with Crippen LogP contribution in [0.3, 0.4) is 0 Å². The van der Waals surface area contributed by atoms with Gasteiger partial charge in [-0.05, 0) is 30.3 Å². The fourth-order valence-corrected chi connectivity index (χ4v) is 6.36. The van der Waals surface area contributed by atoms with Gasteiger partial charge in [-0.1, -0.05) is 97.1 Å². The average molecular weight is 565 g/mol. The summed E-state index contributed by atoms with van der Waals surface area (Å²) in [7, 11) is 0. The zero-order valence-electron chi connectivity index (χ0n) is 23.5. The highest BCUT2D eigenvalue weighted by molar-refractivity contribution is 6.18. The third-order valence-electron chi connectivity index (χ3n) is 8.30. The quantitative estimate of drug-likeness (QED) is 0.214. The topological polar surface area (TPSA) is 61.4 Å². The second kappa shape index (κ2) is 9.71. The van der Waals surface area contributed by atoms with Gasteiger partial charge in [-0.3, -0.25) is 9.13 Å². The highest BCUT2D eigenvalue weighted by Crippen LogP contribution is 2.39. The predicted molar refractivity (Wildman–Crippen MR) is 177 cm³/mol. The first kappa shape index (κ1) is 24.5. The van der Waals surface area contributed by atoms with Crippen LogP contribution in [0.4, 0.5) is 0 Å². The van der Waals surface area contributed by atoms with E-state index < -0.39 is 0 Å². The Morgan fingerprint density at radius 3 is 1.61 bits per heavy atom. The molecule has 4 aromatic heterocycles. The molecule has 4 heterocycles. The van der Waals surface area contributed by atoms with E-state index >= 15 is 0 Å². The van der Waals surface area contributed by atoms with Gasteiger partial charge in [0.25, 0.3) is 0 Å². The van der Waals surface area contributed by atoms with E-state index in [1.165, 1.54) is 0 Å². The minimum Gasteiger partial charge on any atom is -0.294 e. The van der Waals surface area contributed by atoms with E-state index in [-0.39, 0.29) is 0 Å². The van der Waals surface area contributed by atoms with E-state index in [1.54, 1.807) is 12.5 Å². The number of benzene rings is 5. The van der Waals surface area contributed by atoms with Crippen molar-refractivity contribution in [3.63, 3.8) is 0 Å². The molecular formula is C38H24N6. The van der Waals surface area contributed by atoms with Crippen molar-refractivity contribution in [1.29, 1.82) is 0 Å². The molecule has 0 aliphatic rings. The number of para-hydroxylation sites is 2. The second-order valence-electron chi connectivity index (χ2n) is 10.8. The number of aromatic nitrogens is 6. The summed E-state index contributed by atoms with van der Waals surface area (Å²) in [5, 5.41) is 4.62. The molecule has 0 atom stereocenters. The summed E-state index contributed by atoms with van der Waals surface area (Å²) >= 11 is 0. The van der Waals surface area contributed by atoms with Crippen LogP contribution in [0.5, 0.6) is 0 Å². The zero-order valence-corrected chi connectivity index (χ0v) is 23.5. The summed E-state index contributed by atoms with van der Waals surface area (Å²) < 4.78 is 4.51. The van der Waals surface area contributed by atoms with Crippen LogP contribution in [0.1, 0.15) is 0 Å². The summed E-state index contributed by atoms with van der Waals surface area (Å²) in [4.78, 5) is 19.0. The molecule has 0 aliphatic carbocycles. The third kappa shape index (κ3) is 3.75. The summed E-state index contributed by atoms with van der Waals surface area (Å²) in [6.45, 7) is 0. The van der Waals surface area contributed by atoms with E-state index in [2.05, 4.69) is 110 Å². The van der Waals surface area contributed by atoms with Gasteiger partial charge in [-0.2, -0.15) is 0 Å². The molecule has 0 aliphatic heterocycles. The normalized spacial score (nSPS) is 11.6. The van der Waals surface area contributed by atoms with Gasteiger partial charge in [-0.15, -0.1) is 0 Å². The first-order chi connectivity index (χ1) is 21.8. The third-order valence-corrected chi connectivity index (χ3v) is 8.30. The molecule has 206 valence electrons. The van der Waals surface area contributed by atoms with Crippen LogP contribution in [0.15, 0.2) is 146 Å². The molecule has 9 rings (SSSR count). The average Bonchev–Trinajstić information content (AvgIpc) is 3.60. The van der Waals surface area contributed by atoms with Crippen molar-refractivity contribution in [2.45, 2.75) is 0 Å². The Bertz CT molecular complexity index is 2420. The fourth-order valence-electron chi connectivity index (χ4n) is 6.36. The molecule has 5 aromatic carbocycles. The molecule has 9 aromatic rings. The van der Waals surface area contributed by atoms with Crippen molar-refractivity contribution in [3.05, 3.63) is 146 Å². The van der Waals surface area contributed by atoms with Crippen LogP contribution in [0.2, 0.25) is 0 Å². The first-order valence-electron chi connectivity index (χ1n) is 14.6. The van der Waals surface area contributed by atoms with Gasteiger partial charge in [0.05, 0.1) is 27.8 Å². The van der Waals surface area contributed by atoms with Crippen LogP contribution in [-0.2, 0) is 0 Å². The maximum Gasteiger partial charge on any atom is 0.162 e. The van der Waals surface area contributed by atoms with E-state index in [4.69, 9.17) is 9.97 Å². The maximum atomic E-state index is 5.20. The zero-order chi connectivity index (χ0) is 29.0. The molecular weight excluding hydrogens is 540 g/mol. The molecule has 0 fully saturated rings. The minimum absolute atomic E-state index is 0.689. The lowest BCUT2D eigenvalue weighted by Crippen LogP contribution is -2.02. The van der Waals surface area contributed by atoms with Gasteiger partial charge < -0.3 is 0 Å². The Balaban J connectivity index is 1.40. The van der Waals surface area contributed by atoms with Crippen LogP contribution in [0.25, 0.3) is 77.9 Å². The lowest BCUT2D eigenvalue weighted by molar-refractivity contribution is 1.04. The van der Waals surface area contributed by atoms with Crippen molar-refractivity contribution in [2.24, 2.45) is 0 Å². The molecule has 6 heteroatoms. The standard InChI is InChI=1S/C38H24N6/c1-3-11-25(12-4-1)31-23-37(42-38(41-31)26-13-5-2-6-14-26)44-33-18-10-8-16-28(33)30-21-34-29(22-35(30)44)27-15-7-9-17-32(27)43(34)36-19-20-39-24-40-36/h1-24H. The smallest absolute Gasteiger partial charge is 0.162 e. The molecule has 0 unspecified atom stereocenters. The Hall–Kier alpha value is -6.14. The Morgan fingerprint density at radius 2 is 1.00 bits per heavy atom. The van der Waals surface area contributed by atoms with Gasteiger partial charge in [0.1, 0.15) is 18.0 Å². The molecule has 0 bridgehead atoms. The molecule has 0 saturated heterocycles. The molecule has 0 spiro atoms. The molecule has 0 amide bonds. The van der Waals surface area contributed by atoms with Crippen molar-refractivity contribution in [2.75, 3.05) is 0 Å². The fraction of sp³-hybridized carbons (Fsp3) is 0. The number of nitrogens with zero attached hydrogens (tertiary/aromatic N) is 6. The van der Waals surface area contributed by atoms with Gasteiger partial charge in [0.15, 0.2) is 5.82 Å². The minimum atomic E-state index is 0.689.